The SMILES string of the molecule is N#Cc1cccc2c1CC(N)C2. The van der Waals surface area contributed by atoms with Crippen molar-refractivity contribution >= 4 is 0 Å². The quantitative estimate of drug-likeness (QED) is 0.612. The number of benzene rings is 1. The van der Waals surface area contributed by atoms with Crippen LogP contribution in [0.25, 0.3) is 0 Å². The fourth-order valence-electron chi connectivity index (χ4n) is 1.79. The molecular formula is C10H10N2. The van der Waals surface area contributed by atoms with Gasteiger partial charge in [-0.2, -0.15) is 5.26 Å². The molecule has 0 heterocycles. The Bertz CT molecular complexity index is 349. The van der Waals surface area contributed by atoms with Gasteiger partial charge in [0.25, 0.3) is 0 Å². The summed E-state index contributed by atoms with van der Waals surface area (Å²) < 4.78 is 0. The van der Waals surface area contributed by atoms with E-state index in [9.17, 15) is 0 Å². The van der Waals surface area contributed by atoms with Gasteiger partial charge in [0.15, 0.2) is 0 Å². The Labute approximate surface area is 71.6 Å². The fourth-order valence-corrected chi connectivity index (χ4v) is 1.79. The van der Waals surface area contributed by atoms with Gasteiger partial charge in [0.05, 0.1) is 11.6 Å². The second-order valence-electron chi connectivity index (χ2n) is 3.22. The highest BCUT2D eigenvalue weighted by molar-refractivity contribution is 5.46. The second-order valence-corrected chi connectivity index (χ2v) is 3.22. The monoisotopic (exact) mass is 158 g/mol. The molecule has 2 rings (SSSR count). The molecule has 2 heteroatoms. The standard InChI is InChI=1S/C10H10N2/c11-6-8-3-1-2-7-4-9(12)5-10(7)8/h1-3,9H,4-5,12H2. The molecule has 1 aromatic carbocycles. The van der Waals surface area contributed by atoms with Crippen LogP contribution in [-0.2, 0) is 12.8 Å². The molecule has 2 N–H and O–H groups in total. The minimum atomic E-state index is 0.217. The maximum absolute atomic E-state index is 8.80. The third-order valence-electron chi connectivity index (χ3n) is 2.34. The first-order valence-corrected chi connectivity index (χ1v) is 4.07. The second kappa shape index (κ2) is 2.62. The first-order valence-electron chi connectivity index (χ1n) is 4.07. The lowest BCUT2D eigenvalue weighted by molar-refractivity contribution is 0.721. The van der Waals surface area contributed by atoms with Crippen molar-refractivity contribution in [3.05, 3.63) is 34.9 Å². The summed E-state index contributed by atoms with van der Waals surface area (Å²) in [6.07, 6.45) is 1.78. The predicted molar refractivity (Wildman–Crippen MR) is 46.5 cm³/mol. The highest BCUT2D eigenvalue weighted by Gasteiger charge is 2.20. The van der Waals surface area contributed by atoms with Gasteiger partial charge in [-0.05, 0) is 30.0 Å². The average Bonchev–Trinajstić information content (AvgIpc) is 2.44. The van der Waals surface area contributed by atoms with Crippen molar-refractivity contribution in [2.45, 2.75) is 18.9 Å². The van der Waals surface area contributed by atoms with Crippen LogP contribution < -0.4 is 5.73 Å². The van der Waals surface area contributed by atoms with Crippen molar-refractivity contribution in [1.82, 2.24) is 0 Å². The third-order valence-corrected chi connectivity index (χ3v) is 2.34. The van der Waals surface area contributed by atoms with Gasteiger partial charge < -0.3 is 5.73 Å². The highest BCUT2D eigenvalue weighted by atomic mass is 14.6. The lowest BCUT2D eigenvalue weighted by Crippen LogP contribution is -2.19. The molecule has 0 radical (unpaired) electrons. The Morgan fingerprint density at radius 3 is 3.00 bits per heavy atom. The number of nitriles is 1. The van der Waals surface area contributed by atoms with E-state index in [1.807, 2.05) is 12.1 Å². The number of fused-ring (bicyclic) bond motifs is 1. The molecule has 60 valence electrons. The Kier molecular flexibility index (Phi) is 1.60. The van der Waals surface area contributed by atoms with Crippen molar-refractivity contribution in [2.75, 3.05) is 0 Å². The molecular weight excluding hydrogens is 148 g/mol. The molecule has 1 atom stereocenters. The van der Waals surface area contributed by atoms with Gasteiger partial charge in [-0.1, -0.05) is 12.1 Å². The van der Waals surface area contributed by atoms with E-state index in [0.29, 0.717) is 0 Å². The Balaban J connectivity index is 2.53. The maximum Gasteiger partial charge on any atom is 0.0994 e. The molecule has 1 aliphatic rings. The number of rotatable bonds is 0. The van der Waals surface area contributed by atoms with E-state index < -0.39 is 0 Å². The van der Waals surface area contributed by atoms with Crippen LogP contribution in [-0.4, -0.2) is 6.04 Å². The van der Waals surface area contributed by atoms with E-state index in [2.05, 4.69) is 12.1 Å². The molecule has 1 aliphatic carbocycles. The maximum atomic E-state index is 8.80. The van der Waals surface area contributed by atoms with E-state index in [1.54, 1.807) is 0 Å². The zero-order chi connectivity index (χ0) is 8.55. The smallest absolute Gasteiger partial charge is 0.0994 e. The molecule has 1 unspecified atom stereocenters. The van der Waals surface area contributed by atoms with Crippen LogP contribution in [0, 0.1) is 11.3 Å². The van der Waals surface area contributed by atoms with Crippen molar-refractivity contribution in [1.29, 1.82) is 5.26 Å². The molecule has 0 amide bonds. The summed E-state index contributed by atoms with van der Waals surface area (Å²) in [7, 11) is 0. The van der Waals surface area contributed by atoms with Crippen molar-refractivity contribution in [3.8, 4) is 6.07 Å². The van der Waals surface area contributed by atoms with E-state index in [0.717, 1.165) is 24.0 Å². The lowest BCUT2D eigenvalue weighted by atomic mass is 10.0. The van der Waals surface area contributed by atoms with Gasteiger partial charge in [-0.3, -0.25) is 0 Å². The summed E-state index contributed by atoms with van der Waals surface area (Å²) in [4.78, 5) is 0. The van der Waals surface area contributed by atoms with E-state index >= 15 is 0 Å². The summed E-state index contributed by atoms with van der Waals surface area (Å²) in [6, 6.07) is 8.25. The van der Waals surface area contributed by atoms with Crippen LogP contribution >= 0.6 is 0 Å². The van der Waals surface area contributed by atoms with Gasteiger partial charge in [-0.25, -0.2) is 0 Å². The first-order chi connectivity index (χ1) is 5.81. The Morgan fingerprint density at radius 1 is 1.42 bits per heavy atom. The third kappa shape index (κ3) is 0.992. The topological polar surface area (TPSA) is 49.8 Å². The average molecular weight is 158 g/mol. The largest absolute Gasteiger partial charge is 0.327 e. The number of hydrogen-bond donors (Lipinski definition) is 1. The van der Waals surface area contributed by atoms with Crippen LogP contribution in [0.5, 0.6) is 0 Å². The zero-order valence-electron chi connectivity index (χ0n) is 6.75. The van der Waals surface area contributed by atoms with Crippen molar-refractivity contribution in [3.63, 3.8) is 0 Å². The molecule has 0 fully saturated rings. The summed E-state index contributed by atoms with van der Waals surface area (Å²) in [6.45, 7) is 0. The molecule has 2 nitrogen and oxygen atoms in total. The highest BCUT2D eigenvalue weighted by Crippen LogP contribution is 2.23. The molecule has 1 aromatic rings. The lowest BCUT2D eigenvalue weighted by Gasteiger charge is -1.98. The van der Waals surface area contributed by atoms with Crippen LogP contribution in [0.15, 0.2) is 18.2 Å². The summed E-state index contributed by atoms with van der Waals surface area (Å²) in [5.74, 6) is 0. The number of nitrogens with zero attached hydrogens (tertiary/aromatic N) is 1. The molecule has 0 saturated carbocycles. The van der Waals surface area contributed by atoms with Crippen LogP contribution in [0.3, 0.4) is 0 Å². The molecule has 0 saturated heterocycles. The predicted octanol–water partition coefficient (Wildman–Crippen LogP) is 0.984. The van der Waals surface area contributed by atoms with E-state index in [1.165, 1.54) is 5.56 Å². The number of nitrogens with two attached hydrogens (primary N) is 1. The number of hydrogen-bond acceptors (Lipinski definition) is 2. The molecule has 0 spiro atoms. The van der Waals surface area contributed by atoms with E-state index in [-0.39, 0.29) is 6.04 Å². The molecule has 0 aromatic heterocycles. The normalized spacial score (nSPS) is 20.2. The minimum Gasteiger partial charge on any atom is -0.327 e. The van der Waals surface area contributed by atoms with Crippen LogP contribution in [0.1, 0.15) is 16.7 Å². The van der Waals surface area contributed by atoms with Gasteiger partial charge in [0, 0.05) is 6.04 Å². The summed E-state index contributed by atoms with van der Waals surface area (Å²) in [5.41, 5.74) is 9.00. The van der Waals surface area contributed by atoms with Crippen molar-refractivity contribution < 1.29 is 0 Å². The Morgan fingerprint density at radius 2 is 2.25 bits per heavy atom. The van der Waals surface area contributed by atoms with Gasteiger partial charge in [0.2, 0.25) is 0 Å². The van der Waals surface area contributed by atoms with Crippen LogP contribution in [0.2, 0.25) is 0 Å². The summed E-state index contributed by atoms with van der Waals surface area (Å²) in [5, 5.41) is 8.80. The first kappa shape index (κ1) is 7.33. The van der Waals surface area contributed by atoms with Gasteiger partial charge in [0.1, 0.15) is 0 Å². The van der Waals surface area contributed by atoms with Gasteiger partial charge in [-0.15, -0.1) is 0 Å². The molecule has 0 bridgehead atoms. The molecule has 0 aliphatic heterocycles. The van der Waals surface area contributed by atoms with Gasteiger partial charge >= 0.3 is 0 Å². The fraction of sp³-hybridized carbons (Fsp3) is 0.300. The van der Waals surface area contributed by atoms with Crippen LogP contribution in [0.4, 0.5) is 0 Å². The van der Waals surface area contributed by atoms with Crippen molar-refractivity contribution in [2.24, 2.45) is 5.73 Å². The Hall–Kier alpha value is -1.33. The zero-order valence-corrected chi connectivity index (χ0v) is 6.75. The minimum absolute atomic E-state index is 0.217. The molecule has 12 heavy (non-hydrogen) atoms. The summed E-state index contributed by atoms with van der Waals surface area (Å²) >= 11 is 0. The van der Waals surface area contributed by atoms with E-state index in [4.69, 9.17) is 11.0 Å².